The molecule has 1 aromatic carbocycles. The highest BCUT2D eigenvalue weighted by molar-refractivity contribution is 6.16. The van der Waals surface area contributed by atoms with E-state index in [1.54, 1.807) is 6.92 Å². The molecule has 8 heteroatoms. The molecule has 24 heavy (non-hydrogen) atoms. The third kappa shape index (κ3) is 2.66. The second kappa shape index (κ2) is 6.61. The highest BCUT2D eigenvalue weighted by atomic mass is 16.5. The molecule has 0 radical (unpaired) electrons. The highest BCUT2D eigenvalue weighted by Crippen LogP contribution is 2.36. The average molecular weight is 336 g/mol. The smallest absolute Gasteiger partial charge is 0.342 e. The van der Waals surface area contributed by atoms with Crippen LogP contribution >= 0.6 is 0 Å². The summed E-state index contributed by atoms with van der Waals surface area (Å²) >= 11 is 0. The van der Waals surface area contributed by atoms with Gasteiger partial charge in [0.2, 0.25) is 0 Å². The number of aryl methyl sites for hydroxylation is 1. The summed E-state index contributed by atoms with van der Waals surface area (Å²) in [5, 5.41) is 10.3. The van der Waals surface area contributed by atoms with Crippen molar-refractivity contribution in [1.82, 2.24) is 0 Å². The Bertz CT molecular complexity index is 830. The lowest BCUT2D eigenvalue weighted by molar-refractivity contribution is 0.0525. The Morgan fingerprint density at radius 2 is 1.62 bits per heavy atom. The van der Waals surface area contributed by atoms with Crippen molar-refractivity contribution < 1.29 is 38.1 Å². The van der Waals surface area contributed by atoms with Gasteiger partial charge in [-0.25, -0.2) is 14.4 Å². The Labute approximate surface area is 136 Å². The lowest BCUT2D eigenvalue weighted by Crippen LogP contribution is -2.13. The van der Waals surface area contributed by atoms with Crippen molar-refractivity contribution in [2.45, 2.75) is 13.8 Å². The first-order valence-corrected chi connectivity index (χ1v) is 7.00. The van der Waals surface area contributed by atoms with E-state index < -0.39 is 29.2 Å². The van der Waals surface area contributed by atoms with Crippen LogP contribution in [0.5, 0.6) is 5.75 Å². The van der Waals surface area contributed by atoms with Gasteiger partial charge in [-0.3, -0.25) is 0 Å². The Morgan fingerprint density at radius 1 is 1.04 bits per heavy atom. The molecule has 1 N–H and O–H groups in total. The van der Waals surface area contributed by atoms with Crippen LogP contribution in [0.3, 0.4) is 0 Å². The number of carbonyl (C=O) groups is 3. The zero-order chi connectivity index (χ0) is 18.0. The summed E-state index contributed by atoms with van der Waals surface area (Å²) in [4.78, 5) is 36.1. The van der Waals surface area contributed by atoms with Gasteiger partial charge in [-0.05, 0) is 19.9 Å². The molecule has 0 spiro atoms. The van der Waals surface area contributed by atoms with Crippen LogP contribution in [0.4, 0.5) is 0 Å². The molecule has 0 atom stereocenters. The van der Waals surface area contributed by atoms with Crippen LogP contribution < -0.4 is 0 Å². The average Bonchev–Trinajstić information content (AvgIpc) is 2.87. The van der Waals surface area contributed by atoms with Crippen molar-refractivity contribution in [3.05, 3.63) is 28.5 Å². The maximum absolute atomic E-state index is 12.1. The van der Waals surface area contributed by atoms with Gasteiger partial charge in [0.1, 0.15) is 28.2 Å². The van der Waals surface area contributed by atoms with Crippen molar-refractivity contribution in [3.8, 4) is 5.75 Å². The van der Waals surface area contributed by atoms with Crippen LogP contribution in [0.15, 0.2) is 10.5 Å². The summed E-state index contributed by atoms with van der Waals surface area (Å²) in [7, 11) is 2.21. The van der Waals surface area contributed by atoms with E-state index in [4.69, 9.17) is 9.15 Å². The molecule has 2 aromatic rings. The predicted molar refractivity (Wildman–Crippen MR) is 81.3 cm³/mol. The Kier molecular flexibility index (Phi) is 4.77. The zero-order valence-electron chi connectivity index (χ0n) is 13.6. The first-order chi connectivity index (χ1) is 11.4. The third-order valence-electron chi connectivity index (χ3n) is 3.39. The van der Waals surface area contributed by atoms with Gasteiger partial charge in [0.05, 0.1) is 20.8 Å². The van der Waals surface area contributed by atoms with Gasteiger partial charge in [0.25, 0.3) is 0 Å². The molecule has 0 saturated carbocycles. The second-order valence-corrected chi connectivity index (χ2v) is 4.76. The molecular formula is C16H16O8. The number of esters is 3. The van der Waals surface area contributed by atoms with Crippen LogP contribution in [0.2, 0.25) is 0 Å². The topological polar surface area (TPSA) is 112 Å². The Balaban J connectivity index is 2.90. The number of furan rings is 1. The number of benzene rings is 1. The molecule has 0 bridgehead atoms. The lowest BCUT2D eigenvalue weighted by Gasteiger charge is -2.09. The number of aromatic hydroxyl groups is 1. The van der Waals surface area contributed by atoms with E-state index in [9.17, 15) is 19.5 Å². The van der Waals surface area contributed by atoms with Gasteiger partial charge < -0.3 is 23.7 Å². The van der Waals surface area contributed by atoms with Crippen molar-refractivity contribution in [2.24, 2.45) is 0 Å². The van der Waals surface area contributed by atoms with Gasteiger partial charge in [-0.15, -0.1) is 0 Å². The van der Waals surface area contributed by atoms with E-state index in [0.717, 1.165) is 20.3 Å². The monoisotopic (exact) mass is 336 g/mol. The van der Waals surface area contributed by atoms with Gasteiger partial charge >= 0.3 is 17.9 Å². The SMILES string of the molecule is CCOC(=O)c1c(C)oc2c(C(=O)OC)c(C(=O)OC)c(O)cc12. The largest absolute Gasteiger partial charge is 0.507 e. The number of phenols is 1. The van der Waals surface area contributed by atoms with E-state index in [2.05, 4.69) is 9.47 Å². The van der Waals surface area contributed by atoms with Crippen molar-refractivity contribution in [3.63, 3.8) is 0 Å². The zero-order valence-corrected chi connectivity index (χ0v) is 13.6. The van der Waals surface area contributed by atoms with E-state index in [0.29, 0.717) is 0 Å². The number of fused-ring (bicyclic) bond motifs is 1. The second-order valence-electron chi connectivity index (χ2n) is 4.76. The fourth-order valence-corrected chi connectivity index (χ4v) is 2.40. The fraction of sp³-hybridized carbons (Fsp3) is 0.312. The predicted octanol–water partition coefficient (Wildman–Crippen LogP) is 2.20. The van der Waals surface area contributed by atoms with Gasteiger partial charge in [-0.2, -0.15) is 0 Å². The van der Waals surface area contributed by atoms with Crippen LogP contribution in [0.25, 0.3) is 11.0 Å². The Morgan fingerprint density at radius 3 is 2.17 bits per heavy atom. The van der Waals surface area contributed by atoms with Gasteiger partial charge in [-0.1, -0.05) is 0 Å². The van der Waals surface area contributed by atoms with E-state index in [-0.39, 0.29) is 34.5 Å². The van der Waals surface area contributed by atoms with E-state index >= 15 is 0 Å². The number of hydrogen-bond acceptors (Lipinski definition) is 8. The molecule has 128 valence electrons. The minimum absolute atomic E-state index is 0.0590. The van der Waals surface area contributed by atoms with Crippen LogP contribution in [0.1, 0.15) is 43.8 Å². The standard InChI is InChI=1S/C16H16O8/c1-5-23-16(20)10-7(2)24-13-8(10)6-9(17)11(14(18)21-3)12(13)15(19)22-4/h6,17H,5H2,1-4H3. The summed E-state index contributed by atoms with van der Waals surface area (Å²) in [6.45, 7) is 3.28. The molecular weight excluding hydrogens is 320 g/mol. The van der Waals surface area contributed by atoms with Crippen molar-refractivity contribution >= 4 is 28.9 Å². The lowest BCUT2D eigenvalue weighted by atomic mass is 10.0. The maximum atomic E-state index is 12.1. The van der Waals surface area contributed by atoms with Crippen molar-refractivity contribution in [1.29, 1.82) is 0 Å². The molecule has 1 aromatic heterocycles. The molecule has 0 fully saturated rings. The summed E-state index contributed by atoms with van der Waals surface area (Å²) < 4.78 is 19.7. The molecule has 0 aliphatic carbocycles. The van der Waals surface area contributed by atoms with Crippen LogP contribution in [-0.2, 0) is 14.2 Å². The molecule has 0 aliphatic heterocycles. The number of carbonyl (C=O) groups excluding carboxylic acids is 3. The Hall–Kier alpha value is -3.03. The summed E-state index contributed by atoms with van der Waals surface area (Å²) in [6.07, 6.45) is 0. The summed E-state index contributed by atoms with van der Waals surface area (Å²) in [5.74, 6) is -2.90. The van der Waals surface area contributed by atoms with E-state index in [1.165, 1.54) is 6.92 Å². The number of ether oxygens (including phenoxy) is 3. The minimum atomic E-state index is -0.943. The first kappa shape index (κ1) is 17.3. The van der Waals surface area contributed by atoms with Gasteiger partial charge in [0.15, 0.2) is 5.58 Å². The summed E-state index contributed by atoms with van der Waals surface area (Å²) in [6, 6.07) is 1.15. The third-order valence-corrected chi connectivity index (χ3v) is 3.39. The van der Waals surface area contributed by atoms with Crippen molar-refractivity contribution in [2.75, 3.05) is 20.8 Å². The molecule has 2 rings (SSSR count). The number of phenolic OH excluding ortho intramolecular Hbond substituents is 1. The summed E-state index contributed by atoms with van der Waals surface area (Å²) in [5.41, 5.74) is -0.733. The first-order valence-electron chi connectivity index (χ1n) is 7.00. The molecule has 0 aliphatic rings. The molecule has 0 saturated heterocycles. The fourth-order valence-electron chi connectivity index (χ4n) is 2.40. The maximum Gasteiger partial charge on any atom is 0.342 e. The molecule has 0 amide bonds. The molecule has 0 unspecified atom stereocenters. The normalized spacial score (nSPS) is 10.5. The highest BCUT2D eigenvalue weighted by Gasteiger charge is 2.31. The van der Waals surface area contributed by atoms with Crippen LogP contribution in [-0.4, -0.2) is 43.8 Å². The number of hydrogen-bond donors (Lipinski definition) is 1. The molecule has 1 heterocycles. The number of rotatable bonds is 4. The van der Waals surface area contributed by atoms with Crippen LogP contribution in [0, 0.1) is 6.92 Å². The quantitative estimate of drug-likeness (QED) is 0.668. The van der Waals surface area contributed by atoms with E-state index in [1.807, 2.05) is 0 Å². The molecule has 8 nitrogen and oxygen atoms in total. The number of methoxy groups -OCH3 is 2. The minimum Gasteiger partial charge on any atom is -0.507 e. The van der Waals surface area contributed by atoms with Gasteiger partial charge in [0, 0.05) is 5.39 Å².